The number of hydrogen-bond acceptors (Lipinski definition) is 3. The summed E-state index contributed by atoms with van der Waals surface area (Å²) in [6, 6.07) is 24.9. The average Bonchev–Trinajstić information content (AvgIpc) is 2.75. The molecule has 1 unspecified atom stereocenters. The third-order valence-corrected chi connectivity index (χ3v) is 4.60. The zero-order valence-electron chi connectivity index (χ0n) is 16.9. The van der Waals surface area contributed by atoms with E-state index >= 15 is 0 Å². The summed E-state index contributed by atoms with van der Waals surface area (Å²) >= 11 is 0. The molecule has 0 aliphatic carbocycles. The lowest BCUT2D eigenvalue weighted by molar-refractivity contribution is 0.102. The van der Waals surface area contributed by atoms with Crippen molar-refractivity contribution in [3.8, 4) is 11.5 Å². The number of nitrogens with one attached hydrogen (secondary N) is 1. The van der Waals surface area contributed by atoms with Crippen LogP contribution in [0.5, 0.6) is 11.5 Å². The highest BCUT2D eigenvalue weighted by atomic mass is 16.5. The summed E-state index contributed by atoms with van der Waals surface area (Å²) in [5, 5.41) is 2.92. The monoisotopic (exact) mass is 389 g/mol. The lowest BCUT2D eigenvalue weighted by Crippen LogP contribution is -2.13. The summed E-state index contributed by atoms with van der Waals surface area (Å²) in [5.41, 5.74) is 2.47. The molecule has 0 fully saturated rings. The van der Waals surface area contributed by atoms with Gasteiger partial charge in [0.05, 0.1) is 12.7 Å². The Bertz CT molecular complexity index is 924. The minimum absolute atomic E-state index is 0.130. The summed E-state index contributed by atoms with van der Waals surface area (Å²) in [4.78, 5) is 12.6. The molecule has 0 aromatic heterocycles. The number of rotatable bonds is 9. The molecule has 3 aromatic rings. The predicted octanol–water partition coefficient (Wildman–Crippen LogP) is 5.74. The molecule has 0 saturated carbocycles. The molecule has 1 amide bonds. The van der Waals surface area contributed by atoms with E-state index < -0.39 is 0 Å². The first-order valence-corrected chi connectivity index (χ1v) is 9.99. The van der Waals surface area contributed by atoms with Crippen LogP contribution < -0.4 is 14.8 Å². The topological polar surface area (TPSA) is 47.6 Å². The predicted molar refractivity (Wildman–Crippen MR) is 117 cm³/mol. The molecule has 0 aliphatic heterocycles. The smallest absolute Gasteiger partial charge is 0.255 e. The molecule has 0 saturated heterocycles. The molecule has 0 bridgehead atoms. The fraction of sp³-hybridized carbons (Fsp3) is 0.240. The zero-order valence-corrected chi connectivity index (χ0v) is 16.9. The number of carbonyl (C=O) groups excluding carboxylic acids is 1. The van der Waals surface area contributed by atoms with Crippen molar-refractivity contribution in [3.63, 3.8) is 0 Å². The van der Waals surface area contributed by atoms with E-state index in [4.69, 9.17) is 9.47 Å². The Morgan fingerprint density at radius 2 is 1.69 bits per heavy atom. The maximum absolute atomic E-state index is 12.6. The Morgan fingerprint density at radius 1 is 0.931 bits per heavy atom. The van der Waals surface area contributed by atoms with Crippen LogP contribution in [-0.2, 0) is 6.42 Å². The standard InChI is InChI=1S/C25H27NO3/c1-3-19(2)29-24-14-8-12-22(18-24)26-25(27)21-11-7-13-23(17-21)28-16-15-20-9-5-4-6-10-20/h4-14,17-19H,3,15-16H2,1-2H3,(H,26,27). The van der Waals surface area contributed by atoms with Crippen LogP contribution in [0.1, 0.15) is 36.2 Å². The van der Waals surface area contributed by atoms with Crippen LogP contribution in [0.3, 0.4) is 0 Å². The highest BCUT2D eigenvalue weighted by Crippen LogP contribution is 2.21. The Kier molecular flexibility index (Phi) is 7.28. The highest BCUT2D eigenvalue weighted by molar-refractivity contribution is 6.04. The SMILES string of the molecule is CCC(C)Oc1cccc(NC(=O)c2cccc(OCCc3ccccc3)c2)c1. The van der Waals surface area contributed by atoms with Crippen molar-refractivity contribution in [3.05, 3.63) is 90.0 Å². The van der Waals surface area contributed by atoms with E-state index in [9.17, 15) is 4.79 Å². The van der Waals surface area contributed by atoms with E-state index in [1.54, 1.807) is 12.1 Å². The van der Waals surface area contributed by atoms with Gasteiger partial charge in [-0.15, -0.1) is 0 Å². The first kappa shape index (κ1) is 20.5. The molecule has 150 valence electrons. The van der Waals surface area contributed by atoms with Gasteiger partial charge in [-0.05, 0) is 49.2 Å². The number of carbonyl (C=O) groups is 1. The molecule has 3 aromatic carbocycles. The van der Waals surface area contributed by atoms with Gasteiger partial charge in [0.1, 0.15) is 11.5 Å². The van der Waals surface area contributed by atoms with Gasteiger partial charge in [0.15, 0.2) is 0 Å². The van der Waals surface area contributed by atoms with Gasteiger partial charge in [-0.1, -0.05) is 49.4 Å². The summed E-state index contributed by atoms with van der Waals surface area (Å²) in [5.74, 6) is 1.25. The molecule has 0 aliphatic rings. The minimum Gasteiger partial charge on any atom is -0.493 e. The molecule has 0 spiro atoms. The molecular formula is C25H27NO3. The van der Waals surface area contributed by atoms with Crippen molar-refractivity contribution in [2.45, 2.75) is 32.8 Å². The van der Waals surface area contributed by atoms with E-state index in [2.05, 4.69) is 24.4 Å². The van der Waals surface area contributed by atoms with Crippen LogP contribution in [0.2, 0.25) is 0 Å². The maximum atomic E-state index is 12.6. The number of anilines is 1. The first-order valence-electron chi connectivity index (χ1n) is 9.99. The Morgan fingerprint density at radius 3 is 2.48 bits per heavy atom. The second-order valence-electron chi connectivity index (χ2n) is 6.93. The van der Waals surface area contributed by atoms with Gasteiger partial charge in [0.2, 0.25) is 0 Å². The zero-order chi connectivity index (χ0) is 20.5. The van der Waals surface area contributed by atoms with Crippen LogP contribution in [0, 0.1) is 0 Å². The van der Waals surface area contributed by atoms with E-state index in [1.165, 1.54) is 5.56 Å². The summed E-state index contributed by atoms with van der Waals surface area (Å²) < 4.78 is 11.6. The maximum Gasteiger partial charge on any atom is 0.255 e. The summed E-state index contributed by atoms with van der Waals surface area (Å²) in [6.45, 7) is 4.66. The van der Waals surface area contributed by atoms with Gasteiger partial charge in [-0.2, -0.15) is 0 Å². The number of amides is 1. The van der Waals surface area contributed by atoms with Crippen molar-refractivity contribution < 1.29 is 14.3 Å². The van der Waals surface area contributed by atoms with Crippen LogP contribution in [0.4, 0.5) is 5.69 Å². The average molecular weight is 389 g/mol. The van der Waals surface area contributed by atoms with Gasteiger partial charge in [0.25, 0.3) is 5.91 Å². The van der Waals surface area contributed by atoms with E-state index in [-0.39, 0.29) is 12.0 Å². The van der Waals surface area contributed by atoms with Gasteiger partial charge < -0.3 is 14.8 Å². The minimum atomic E-state index is -0.181. The van der Waals surface area contributed by atoms with Gasteiger partial charge in [0, 0.05) is 23.7 Å². The van der Waals surface area contributed by atoms with E-state index in [0.29, 0.717) is 23.6 Å². The third-order valence-electron chi connectivity index (χ3n) is 4.60. The normalized spacial score (nSPS) is 11.5. The molecule has 4 heteroatoms. The van der Waals surface area contributed by atoms with Crippen LogP contribution in [-0.4, -0.2) is 18.6 Å². The molecule has 1 atom stereocenters. The lowest BCUT2D eigenvalue weighted by atomic mass is 10.1. The van der Waals surface area contributed by atoms with Crippen molar-refractivity contribution in [2.75, 3.05) is 11.9 Å². The van der Waals surface area contributed by atoms with Crippen LogP contribution in [0.15, 0.2) is 78.9 Å². The third kappa shape index (κ3) is 6.39. The molecule has 0 radical (unpaired) electrons. The second-order valence-corrected chi connectivity index (χ2v) is 6.93. The van der Waals surface area contributed by atoms with E-state index in [1.807, 2.05) is 61.5 Å². The molecule has 0 heterocycles. The number of ether oxygens (including phenoxy) is 2. The lowest BCUT2D eigenvalue weighted by Gasteiger charge is -2.14. The van der Waals surface area contributed by atoms with Crippen LogP contribution in [0.25, 0.3) is 0 Å². The fourth-order valence-electron chi connectivity index (χ4n) is 2.82. The summed E-state index contributed by atoms with van der Waals surface area (Å²) in [6.07, 6.45) is 1.87. The number of hydrogen-bond donors (Lipinski definition) is 1. The second kappa shape index (κ2) is 10.3. The van der Waals surface area contributed by atoms with Crippen LogP contribution >= 0.6 is 0 Å². The Labute approximate surface area is 172 Å². The van der Waals surface area contributed by atoms with E-state index in [0.717, 1.165) is 18.6 Å². The molecule has 1 N–H and O–H groups in total. The van der Waals surface area contributed by atoms with Gasteiger partial charge >= 0.3 is 0 Å². The molecule has 4 nitrogen and oxygen atoms in total. The molecule has 3 rings (SSSR count). The fourth-order valence-corrected chi connectivity index (χ4v) is 2.82. The summed E-state index contributed by atoms with van der Waals surface area (Å²) in [7, 11) is 0. The number of benzene rings is 3. The Hall–Kier alpha value is -3.27. The van der Waals surface area contributed by atoms with Gasteiger partial charge in [-0.25, -0.2) is 0 Å². The molecular weight excluding hydrogens is 362 g/mol. The quantitative estimate of drug-likeness (QED) is 0.508. The van der Waals surface area contributed by atoms with Crippen molar-refractivity contribution in [1.82, 2.24) is 0 Å². The molecule has 29 heavy (non-hydrogen) atoms. The first-order chi connectivity index (χ1) is 14.1. The van der Waals surface area contributed by atoms with Crippen molar-refractivity contribution in [1.29, 1.82) is 0 Å². The Balaban J connectivity index is 1.58. The highest BCUT2D eigenvalue weighted by Gasteiger charge is 2.09. The van der Waals surface area contributed by atoms with Crippen molar-refractivity contribution >= 4 is 11.6 Å². The van der Waals surface area contributed by atoms with Crippen molar-refractivity contribution in [2.24, 2.45) is 0 Å². The largest absolute Gasteiger partial charge is 0.493 e. The van der Waals surface area contributed by atoms with Gasteiger partial charge in [-0.3, -0.25) is 4.79 Å².